The Morgan fingerprint density at radius 1 is 1.29 bits per heavy atom. The van der Waals surface area contributed by atoms with Gasteiger partial charge in [-0.05, 0) is 43.5 Å². The van der Waals surface area contributed by atoms with Crippen LogP contribution in [0.5, 0.6) is 0 Å². The third-order valence-electron chi connectivity index (χ3n) is 4.11. The zero-order chi connectivity index (χ0) is 14.8. The maximum atomic E-state index is 12.8. The van der Waals surface area contributed by atoms with Crippen molar-refractivity contribution in [1.82, 2.24) is 9.55 Å². The van der Waals surface area contributed by atoms with E-state index >= 15 is 0 Å². The van der Waals surface area contributed by atoms with Crippen molar-refractivity contribution in [3.8, 4) is 0 Å². The summed E-state index contributed by atoms with van der Waals surface area (Å²) < 4.78 is 7.21. The lowest BCUT2D eigenvalue weighted by molar-refractivity contribution is 0.185. The van der Waals surface area contributed by atoms with Gasteiger partial charge in [-0.15, -0.1) is 11.3 Å². The van der Waals surface area contributed by atoms with Crippen molar-refractivity contribution in [1.29, 1.82) is 0 Å². The van der Waals surface area contributed by atoms with Crippen LogP contribution in [0.4, 0.5) is 0 Å². The summed E-state index contributed by atoms with van der Waals surface area (Å²) in [7, 11) is 1.64. The van der Waals surface area contributed by atoms with E-state index < -0.39 is 0 Å². The molecule has 0 radical (unpaired) electrons. The number of rotatable bonds is 3. The Bertz CT molecular complexity index is 757. The number of ether oxygens (including phenoxy) is 1. The zero-order valence-corrected chi connectivity index (χ0v) is 13.9. The molecule has 4 nitrogen and oxygen atoms in total. The van der Waals surface area contributed by atoms with Crippen LogP contribution < -0.4 is 5.56 Å². The van der Waals surface area contributed by atoms with Crippen LogP contribution in [0, 0.1) is 4.77 Å². The Morgan fingerprint density at radius 2 is 2.05 bits per heavy atom. The van der Waals surface area contributed by atoms with Crippen LogP contribution >= 0.6 is 23.6 Å². The van der Waals surface area contributed by atoms with Crippen LogP contribution in [-0.2, 0) is 24.1 Å². The predicted octanol–water partition coefficient (Wildman–Crippen LogP) is 3.43. The van der Waals surface area contributed by atoms with Crippen molar-refractivity contribution in [2.75, 3.05) is 13.7 Å². The third kappa shape index (κ3) is 2.84. The van der Waals surface area contributed by atoms with E-state index in [4.69, 9.17) is 17.0 Å². The van der Waals surface area contributed by atoms with Gasteiger partial charge in [0, 0.05) is 12.0 Å². The van der Waals surface area contributed by atoms with Crippen LogP contribution in [0.2, 0.25) is 0 Å². The van der Waals surface area contributed by atoms with Gasteiger partial charge in [0.2, 0.25) is 0 Å². The first kappa shape index (κ1) is 14.9. The van der Waals surface area contributed by atoms with E-state index in [1.54, 1.807) is 23.0 Å². The molecule has 6 heteroatoms. The maximum absolute atomic E-state index is 12.8. The summed E-state index contributed by atoms with van der Waals surface area (Å²) in [6.07, 6.45) is 7.05. The molecule has 0 saturated carbocycles. The normalized spacial score (nSPS) is 15.7. The van der Waals surface area contributed by atoms with Crippen LogP contribution in [-0.4, -0.2) is 23.3 Å². The number of nitrogens with one attached hydrogen (secondary N) is 1. The smallest absolute Gasteiger partial charge is 0.263 e. The molecule has 0 atom stereocenters. The number of methoxy groups -OCH3 is 1. The van der Waals surface area contributed by atoms with Gasteiger partial charge in [-0.1, -0.05) is 12.8 Å². The standard InChI is InChI=1S/C15H20N2O2S2/c1-19-9-8-17-14(18)12-10-6-4-2-3-5-7-11(10)21-13(12)16-15(17)20/h2-9H2,1H3,(H,16,20). The first-order valence-electron chi connectivity index (χ1n) is 7.48. The van der Waals surface area contributed by atoms with Gasteiger partial charge in [0.25, 0.3) is 5.56 Å². The number of nitrogens with zero attached hydrogens (tertiary/aromatic N) is 1. The van der Waals surface area contributed by atoms with E-state index in [0.29, 0.717) is 17.9 Å². The van der Waals surface area contributed by atoms with Crippen molar-refractivity contribution in [3.05, 3.63) is 25.6 Å². The highest BCUT2D eigenvalue weighted by Gasteiger charge is 2.18. The fourth-order valence-corrected chi connectivity index (χ4v) is 4.63. The van der Waals surface area contributed by atoms with E-state index in [1.165, 1.54) is 36.1 Å². The summed E-state index contributed by atoms with van der Waals surface area (Å²) in [6, 6.07) is 0. The van der Waals surface area contributed by atoms with Crippen molar-refractivity contribution in [2.45, 2.75) is 45.1 Å². The van der Waals surface area contributed by atoms with Crippen LogP contribution in [0.15, 0.2) is 4.79 Å². The molecule has 2 aromatic rings. The van der Waals surface area contributed by atoms with Crippen molar-refractivity contribution in [3.63, 3.8) is 0 Å². The molecule has 0 aliphatic heterocycles. The Kier molecular flexibility index (Phi) is 4.57. The summed E-state index contributed by atoms with van der Waals surface area (Å²) in [5.74, 6) is 0. The SMILES string of the molecule is COCCn1c(=S)[nH]c2sc3c(c2c1=O)CCCCCC3. The Labute approximate surface area is 132 Å². The molecule has 3 rings (SSSR count). The monoisotopic (exact) mass is 324 g/mol. The minimum atomic E-state index is 0.0453. The Balaban J connectivity index is 2.18. The van der Waals surface area contributed by atoms with E-state index in [-0.39, 0.29) is 5.56 Å². The molecular formula is C15H20N2O2S2. The molecule has 0 amide bonds. The number of aryl methyl sites for hydroxylation is 2. The molecule has 2 aromatic heterocycles. The highest BCUT2D eigenvalue weighted by Crippen LogP contribution is 2.32. The molecule has 114 valence electrons. The number of H-pyrrole nitrogens is 1. The molecule has 0 aromatic carbocycles. The predicted molar refractivity (Wildman–Crippen MR) is 89.0 cm³/mol. The first-order valence-corrected chi connectivity index (χ1v) is 8.71. The number of hydrogen-bond acceptors (Lipinski definition) is 4. The van der Waals surface area contributed by atoms with Gasteiger partial charge in [0.15, 0.2) is 4.77 Å². The summed E-state index contributed by atoms with van der Waals surface area (Å²) in [5, 5.41) is 0.863. The van der Waals surface area contributed by atoms with Crippen LogP contribution in [0.25, 0.3) is 10.2 Å². The van der Waals surface area contributed by atoms with Gasteiger partial charge in [-0.3, -0.25) is 9.36 Å². The third-order valence-corrected chi connectivity index (χ3v) is 5.64. The molecule has 0 bridgehead atoms. The molecule has 0 unspecified atom stereocenters. The second kappa shape index (κ2) is 6.42. The average molecular weight is 324 g/mol. The molecule has 0 fully saturated rings. The van der Waals surface area contributed by atoms with Gasteiger partial charge in [-0.2, -0.15) is 0 Å². The molecule has 2 heterocycles. The fourth-order valence-electron chi connectivity index (χ4n) is 3.01. The molecule has 1 aliphatic rings. The lowest BCUT2D eigenvalue weighted by atomic mass is 9.98. The van der Waals surface area contributed by atoms with E-state index in [2.05, 4.69) is 4.98 Å². The number of thiophene rings is 1. The van der Waals surface area contributed by atoms with Crippen molar-refractivity contribution >= 4 is 33.8 Å². The minimum absolute atomic E-state index is 0.0453. The summed E-state index contributed by atoms with van der Waals surface area (Å²) >= 11 is 7.05. The van der Waals surface area contributed by atoms with Crippen molar-refractivity contribution in [2.24, 2.45) is 0 Å². The molecule has 21 heavy (non-hydrogen) atoms. The number of aromatic nitrogens is 2. The van der Waals surface area contributed by atoms with Gasteiger partial charge >= 0.3 is 0 Å². The van der Waals surface area contributed by atoms with Gasteiger partial charge in [0.05, 0.1) is 18.5 Å². The average Bonchev–Trinajstić information content (AvgIpc) is 2.75. The van der Waals surface area contributed by atoms with E-state index in [0.717, 1.165) is 23.1 Å². The zero-order valence-electron chi connectivity index (χ0n) is 12.2. The number of hydrogen-bond donors (Lipinski definition) is 1. The molecule has 0 saturated heterocycles. The first-order chi connectivity index (χ1) is 10.2. The quantitative estimate of drug-likeness (QED) is 0.880. The highest BCUT2D eigenvalue weighted by molar-refractivity contribution is 7.71. The largest absolute Gasteiger partial charge is 0.383 e. The molecule has 1 N–H and O–H groups in total. The summed E-state index contributed by atoms with van der Waals surface area (Å²) in [5.41, 5.74) is 1.31. The van der Waals surface area contributed by atoms with Gasteiger partial charge in [0.1, 0.15) is 4.83 Å². The lowest BCUT2D eigenvalue weighted by Crippen LogP contribution is -2.24. The molecule has 1 aliphatic carbocycles. The highest BCUT2D eigenvalue weighted by atomic mass is 32.1. The number of aromatic amines is 1. The maximum Gasteiger partial charge on any atom is 0.263 e. The summed E-state index contributed by atoms with van der Waals surface area (Å²) in [6.45, 7) is 1.00. The Hall–Kier alpha value is -0.980. The van der Waals surface area contributed by atoms with Crippen LogP contribution in [0.1, 0.15) is 36.1 Å². The van der Waals surface area contributed by atoms with E-state index in [1.807, 2.05) is 0 Å². The lowest BCUT2D eigenvalue weighted by Gasteiger charge is -2.10. The minimum Gasteiger partial charge on any atom is -0.383 e. The topological polar surface area (TPSA) is 47.0 Å². The van der Waals surface area contributed by atoms with Gasteiger partial charge in [-0.25, -0.2) is 0 Å². The Morgan fingerprint density at radius 3 is 2.81 bits per heavy atom. The van der Waals surface area contributed by atoms with Gasteiger partial charge < -0.3 is 9.72 Å². The second-order valence-corrected chi connectivity index (χ2v) is 6.99. The molecule has 0 spiro atoms. The van der Waals surface area contributed by atoms with Crippen molar-refractivity contribution < 1.29 is 4.74 Å². The molecular weight excluding hydrogens is 304 g/mol. The fraction of sp³-hybridized carbons (Fsp3) is 0.600. The second-order valence-electron chi connectivity index (χ2n) is 5.50. The van der Waals surface area contributed by atoms with E-state index in [9.17, 15) is 4.79 Å². The number of fused-ring (bicyclic) bond motifs is 3. The van der Waals surface area contributed by atoms with Crippen LogP contribution in [0.3, 0.4) is 0 Å². The summed E-state index contributed by atoms with van der Waals surface area (Å²) in [4.78, 5) is 18.4.